The van der Waals surface area contributed by atoms with Gasteiger partial charge in [-0.2, -0.15) is 0 Å². The molecule has 110 valence electrons. The molecule has 0 radical (unpaired) electrons. The van der Waals surface area contributed by atoms with Gasteiger partial charge >= 0.3 is 0 Å². The average molecular weight is 277 g/mol. The number of nitrogens with zero attached hydrogens (tertiary/aromatic N) is 1. The molecule has 1 aromatic carbocycles. The lowest BCUT2D eigenvalue weighted by Crippen LogP contribution is -2.26. The number of nitrogens with one attached hydrogen (secondary N) is 2. The Labute approximate surface area is 119 Å². The molecule has 0 amide bonds. The Bertz CT molecular complexity index is 476. The van der Waals surface area contributed by atoms with Gasteiger partial charge in [-0.3, -0.25) is 10.1 Å². The molecule has 20 heavy (non-hydrogen) atoms. The normalized spacial score (nSPS) is 22.9. The van der Waals surface area contributed by atoms with Crippen LogP contribution in [0, 0.1) is 16.0 Å². The van der Waals surface area contributed by atoms with Crippen molar-refractivity contribution < 1.29 is 4.92 Å². The molecular weight excluding hydrogens is 254 g/mol. The van der Waals surface area contributed by atoms with Gasteiger partial charge < -0.3 is 10.6 Å². The monoisotopic (exact) mass is 277 g/mol. The molecule has 5 heteroatoms. The summed E-state index contributed by atoms with van der Waals surface area (Å²) in [5, 5.41) is 17.5. The minimum absolute atomic E-state index is 0.126. The first kappa shape index (κ1) is 14.6. The molecule has 0 spiro atoms. The third-order valence-corrected chi connectivity index (χ3v) is 4.13. The second kappa shape index (κ2) is 6.59. The molecule has 2 atom stereocenters. The van der Waals surface area contributed by atoms with Gasteiger partial charge in [-0.05, 0) is 24.8 Å². The molecular formula is C15H23N3O2. The molecule has 0 heterocycles. The fourth-order valence-corrected chi connectivity index (χ4v) is 2.87. The van der Waals surface area contributed by atoms with E-state index in [-0.39, 0.29) is 10.6 Å². The van der Waals surface area contributed by atoms with Crippen LogP contribution in [-0.2, 0) is 0 Å². The van der Waals surface area contributed by atoms with Gasteiger partial charge in [0.25, 0.3) is 5.69 Å². The van der Waals surface area contributed by atoms with E-state index in [4.69, 9.17) is 0 Å². The highest BCUT2D eigenvalue weighted by molar-refractivity contribution is 5.63. The largest absolute Gasteiger partial charge is 0.388 e. The topological polar surface area (TPSA) is 67.2 Å². The number of non-ortho nitro benzene ring substituents is 1. The van der Waals surface area contributed by atoms with E-state index in [1.165, 1.54) is 25.7 Å². The van der Waals surface area contributed by atoms with E-state index < -0.39 is 0 Å². The van der Waals surface area contributed by atoms with E-state index in [9.17, 15) is 10.1 Å². The maximum Gasteiger partial charge on any atom is 0.273 e. The summed E-state index contributed by atoms with van der Waals surface area (Å²) in [6.07, 6.45) is 6.18. The summed E-state index contributed by atoms with van der Waals surface area (Å²) in [5.74, 6) is 0.606. The average Bonchev–Trinajstić information content (AvgIpc) is 2.64. The zero-order valence-electron chi connectivity index (χ0n) is 12.2. The second-order valence-corrected chi connectivity index (χ2v) is 5.64. The van der Waals surface area contributed by atoms with Crippen LogP contribution in [0.5, 0.6) is 0 Å². The third-order valence-electron chi connectivity index (χ3n) is 4.13. The summed E-state index contributed by atoms with van der Waals surface area (Å²) in [7, 11) is 1.77. The Morgan fingerprint density at radius 2 is 1.85 bits per heavy atom. The van der Waals surface area contributed by atoms with E-state index >= 15 is 0 Å². The lowest BCUT2D eigenvalue weighted by atomic mass is 9.96. The minimum atomic E-state index is -0.345. The quantitative estimate of drug-likeness (QED) is 0.495. The zero-order chi connectivity index (χ0) is 14.5. The van der Waals surface area contributed by atoms with Crippen LogP contribution in [-0.4, -0.2) is 18.0 Å². The van der Waals surface area contributed by atoms with Crippen molar-refractivity contribution in [3.8, 4) is 0 Å². The van der Waals surface area contributed by atoms with Crippen molar-refractivity contribution in [2.75, 3.05) is 17.7 Å². The first-order valence-corrected chi connectivity index (χ1v) is 7.34. The number of nitro benzene ring substituents is 1. The standard InChI is InChI=1S/C15H23N3O2/c1-11-6-4-3-5-7-15(11)17-13-8-12(16-2)9-14(10-13)18(19)20/h8-11,15-17H,3-7H2,1-2H3. The summed E-state index contributed by atoms with van der Waals surface area (Å²) >= 11 is 0. The molecule has 1 aromatic rings. The van der Waals surface area contributed by atoms with Gasteiger partial charge in [0.05, 0.1) is 4.92 Å². The van der Waals surface area contributed by atoms with Gasteiger partial charge in [0, 0.05) is 36.6 Å². The van der Waals surface area contributed by atoms with Crippen molar-refractivity contribution in [3.05, 3.63) is 28.3 Å². The van der Waals surface area contributed by atoms with Gasteiger partial charge in [0.2, 0.25) is 0 Å². The molecule has 0 saturated heterocycles. The Kier molecular flexibility index (Phi) is 4.82. The molecule has 5 nitrogen and oxygen atoms in total. The molecule has 1 saturated carbocycles. The van der Waals surface area contributed by atoms with Crippen molar-refractivity contribution >= 4 is 17.1 Å². The first-order valence-electron chi connectivity index (χ1n) is 7.34. The molecule has 1 fully saturated rings. The molecule has 1 aliphatic carbocycles. The van der Waals surface area contributed by atoms with Gasteiger partial charge in [0.15, 0.2) is 0 Å². The van der Waals surface area contributed by atoms with Crippen LogP contribution >= 0.6 is 0 Å². The lowest BCUT2D eigenvalue weighted by Gasteiger charge is -2.24. The molecule has 2 unspecified atom stereocenters. The van der Waals surface area contributed by atoms with Gasteiger partial charge in [0.1, 0.15) is 0 Å². The van der Waals surface area contributed by atoms with Gasteiger partial charge in [-0.25, -0.2) is 0 Å². The summed E-state index contributed by atoms with van der Waals surface area (Å²) in [6, 6.07) is 5.52. The Balaban J connectivity index is 2.18. The number of anilines is 2. The fourth-order valence-electron chi connectivity index (χ4n) is 2.87. The summed E-state index contributed by atoms with van der Waals surface area (Å²) in [5.41, 5.74) is 1.73. The number of hydrogen-bond donors (Lipinski definition) is 2. The molecule has 1 aliphatic rings. The Morgan fingerprint density at radius 1 is 1.15 bits per heavy atom. The SMILES string of the molecule is CNc1cc(NC2CCCCCC2C)cc([N+](=O)[O-])c1. The van der Waals surface area contributed by atoms with Crippen LogP contribution < -0.4 is 10.6 Å². The van der Waals surface area contributed by atoms with Crippen molar-refractivity contribution in [1.29, 1.82) is 0 Å². The zero-order valence-corrected chi connectivity index (χ0v) is 12.2. The van der Waals surface area contributed by atoms with E-state index in [0.29, 0.717) is 12.0 Å². The van der Waals surface area contributed by atoms with E-state index in [1.807, 2.05) is 6.07 Å². The van der Waals surface area contributed by atoms with Crippen molar-refractivity contribution in [3.63, 3.8) is 0 Å². The van der Waals surface area contributed by atoms with Crippen molar-refractivity contribution in [2.45, 2.75) is 45.1 Å². The van der Waals surface area contributed by atoms with Gasteiger partial charge in [-0.1, -0.05) is 26.2 Å². The van der Waals surface area contributed by atoms with Crippen LogP contribution in [0.1, 0.15) is 39.0 Å². The van der Waals surface area contributed by atoms with Crippen molar-refractivity contribution in [1.82, 2.24) is 0 Å². The lowest BCUT2D eigenvalue weighted by molar-refractivity contribution is -0.384. The molecule has 2 rings (SSSR count). The van der Waals surface area contributed by atoms with E-state index in [0.717, 1.165) is 17.8 Å². The fraction of sp³-hybridized carbons (Fsp3) is 0.600. The highest BCUT2D eigenvalue weighted by Gasteiger charge is 2.20. The van der Waals surface area contributed by atoms with Crippen molar-refractivity contribution in [2.24, 2.45) is 5.92 Å². The molecule has 2 N–H and O–H groups in total. The van der Waals surface area contributed by atoms with Crippen LogP contribution in [0.15, 0.2) is 18.2 Å². The van der Waals surface area contributed by atoms with Crippen LogP contribution in [0.2, 0.25) is 0 Å². The number of hydrogen-bond acceptors (Lipinski definition) is 4. The summed E-state index contributed by atoms with van der Waals surface area (Å²) in [4.78, 5) is 10.6. The van der Waals surface area contributed by atoms with Crippen LogP contribution in [0.4, 0.5) is 17.1 Å². The smallest absolute Gasteiger partial charge is 0.273 e. The Morgan fingerprint density at radius 3 is 2.55 bits per heavy atom. The van der Waals surface area contributed by atoms with Gasteiger partial charge in [-0.15, -0.1) is 0 Å². The number of benzene rings is 1. The molecule has 0 aromatic heterocycles. The van der Waals surface area contributed by atoms with Crippen LogP contribution in [0.3, 0.4) is 0 Å². The number of nitro groups is 1. The molecule has 0 aliphatic heterocycles. The van der Waals surface area contributed by atoms with Crippen LogP contribution in [0.25, 0.3) is 0 Å². The van der Waals surface area contributed by atoms with E-state index in [2.05, 4.69) is 17.6 Å². The number of rotatable bonds is 4. The predicted octanol–water partition coefficient (Wildman–Crippen LogP) is 4.02. The second-order valence-electron chi connectivity index (χ2n) is 5.64. The van der Waals surface area contributed by atoms with E-state index in [1.54, 1.807) is 19.2 Å². The predicted molar refractivity (Wildman–Crippen MR) is 82.3 cm³/mol. The Hall–Kier alpha value is -1.78. The first-order chi connectivity index (χ1) is 9.60. The minimum Gasteiger partial charge on any atom is -0.388 e. The summed E-state index contributed by atoms with van der Waals surface area (Å²) < 4.78 is 0. The highest BCUT2D eigenvalue weighted by Crippen LogP contribution is 2.29. The third kappa shape index (κ3) is 3.62. The molecule has 0 bridgehead atoms. The maximum atomic E-state index is 11.0. The summed E-state index contributed by atoms with van der Waals surface area (Å²) in [6.45, 7) is 2.26. The highest BCUT2D eigenvalue weighted by atomic mass is 16.6. The maximum absolute atomic E-state index is 11.0.